The maximum absolute atomic E-state index is 9.85. The van der Waals surface area contributed by atoms with Crippen molar-refractivity contribution in [1.29, 1.82) is 0 Å². The average Bonchev–Trinajstić information content (AvgIpc) is 2.47. The van der Waals surface area contributed by atoms with Gasteiger partial charge in [-0.05, 0) is 17.7 Å². The summed E-state index contributed by atoms with van der Waals surface area (Å²) in [7, 11) is 0. The molecule has 1 heterocycles. The number of pyridine rings is 1. The van der Waals surface area contributed by atoms with Gasteiger partial charge in [0.25, 0.3) is 0 Å². The highest BCUT2D eigenvalue weighted by Gasteiger charge is 2.16. The molecule has 0 bridgehead atoms. The molecule has 0 aliphatic heterocycles. The van der Waals surface area contributed by atoms with Crippen molar-refractivity contribution >= 4 is 15.9 Å². The Bertz CT molecular complexity index is 487. The molecular weight excluding hydrogens is 294 g/mol. The van der Waals surface area contributed by atoms with Crippen LogP contribution in [0.2, 0.25) is 0 Å². The fourth-order valence-corrected chi connectivity index (χ4v) is 2.05. The van der Waals surface area contributed by atoms with Crippen molar-refractivity contribution in [1.82, 2.24) is 4.98 Å². The smallest absolute Gasteiger partial charge is 0.106 e. The summed E-state index contributed by atoms with van der Waals surface area (Å²) in [6, 6.07) is 13.1. The van der Waals surface area contributed by atoms with Gasteiger partial charge in [0.2, 0.25) is 0 Å². The number of aliphatic hydroxyl groups is 2. The molecular formula is C14H14BrNO2. The number of aromatic nitrogens is 1. The van der Waals surface area contributed by atoms with Gasteiger partial charge in [-0.3, -0.25) is 4.98 Å². The molecule has 2 N–H and O–H groups in total. The van der Waals surface area contributed by atoms with Crippen molar-refractivity contribution in [3.63, 3.8) is 0 Å². The number of halogens is 1. The number of rotatable bonds is 4. The average molecular weight is 308 g/mol. The third-order valence-corrected chi connectivity index (χ3v) is 3.40. The van der Waals surface area contributed by atoms with Crippen LogP contribution < -0.4 is 0 Å². The Morgan fingerprint density at radius 3 is 2.33 bits per heavy atom. The highest BCUT2D eigenvalue weighted by molar-refractivity contribution is 9.09. The Morgan fingerprint density at radius 2 is 1.78 bits per heavy atom. The lowest BCUT2D eigenvalue weighted by Crippen LogP contribution is -2.19. The highest BCUT2D eigenvalue weighted by atomic mass is 79.9. The first kappa shape index (κ1) is 13.2. The van der Waals surface area contributed by atoms with Crippen molar-refractivity contribution in [2.75, 3.05) is 5.33 Å². The maximum Gasteiger partial charge on any atom is 0.106 e. The first-order valence-electron chi connectivity index (χ1n) is 5.66. The van der Waals surface area contributed by atoms with Crippen molar-refractivity contribution in [3.8, 4) is 11.3 Å². The van der Waals surface area contributed by atoms with Crippen LogP contribution in [0.15, 0.2) is 48.7 Å². The van der Waals surface area contributed by atoms with E-state index in [1.54, 1.807) is 18.3 Å². The Kier molecular flexibility index (Phi) is 4.47. The first-order chi connectivity index (χ1) is 8.72. The minimum atomic E-state index is -0.873. The van der Waals surface area contributed by atoms with Crippen molar-refractivity contribution in [2.24, 2.45) is 0 Å². The van der Waals surface area contributed by atoms with E-state index in [1.165, 1.54) is 0 Å². The molecule has 1 aromatic heterocycles. The van der Waals surface area contributed by atoms with Gasteiger partial charge in [0.15, 0.2) is 0 Å². The third kappa shape index (κ3) is 2.96. The predicted molar refractivity (Wildman–Crippen MR) is 74.4 cm³/mol. The second kappa shape index (κ2) is 6.09. The van der Waals surface area contributed by atoms with E-state index < -0.39 is 12.2 Å². The number of alkyl halides is 1. The highest BCUT2D eigenvalue weighted by Crippen LogP contribution is 2.22. The van der Waals surface area contributed by atoms with E-state index in [-0.39, 0.29) is 0 Å². The van der Waals surface area contributed by atoms with Crippen LogP contribution in [-0.2, 0) is 0 Å². The van der Waals surface area contributed by atoms with E-state index >= 15 is 0 Å². The van der Waals surface area contributed by atoms with Gasteiger partial charge in [-0.1, -0.05) is 46.3 Å². The molecule has 0 saturated heterocycles. The number of benzene rings is 1. The fourth-order valence-electron chi connectivity index (χ4n) is 1.69. The van der Waals surface area contributed by atoms with Crippen LogP contribution in [0.5, 0.6) is 0 Å². The summed E-state index contributed by atoms with van der Waals surface area (Å²) in [5.41, 5.74) is 2.57. The van der Waals surface area contributed by atoms with E-state index in [0.717, 1.165) is 11.3 Å². The molecule has 0 fully saturated rings. The number of hydrogen-bond acceptors (Lipinski definition) is 3. The van der Waals surface area contributed by atoms with Gasteiger partial charge in [-0.15, -0.1) is 0 Å². The standard InChI is InChI=1S/C14H14BrNO2/c15-9-13(17)14(18)11-6-4-10(5-7-11)12-3-1-2-8-16-12/h1-8,13-14,17-18H,9H2. The summed E-state index contributed by atoms with van der Waals surface area (Å²) in [5.74, 6) is 0. The van der Waals surface area contributed by atoms with Crippen LogP contribution in [-0.4, -0.2) is 26.6 Å². The summed E-state index contributed by atoms with van der Waals surface area (Å²) in [6.07, 6.45) is 0.0695. The summed E-state index contributed by atoms with van der Waals surface area (Å²) in [6.45, 7) is 0. The Morgan fingerprint density at radius 1 is 1.06 bits per heavy atom. The SMILES string of the molecule is OC(CBr)C(O)c1ccc(-c2ccccn2)cc1. The molecule has 2 rings (SSSR count). The molecule has 0 amide bonds. The lowest BCUT2D eigenvalue weighted by atomic mass is 10.0. The zero-order valence-electron chi connectivity index (χ0n) is 9.70. The molecule has 0 radical (unpaired) electrons. The molecule has 1 aromatic carbocycles. The van der Waals surface area contributed by atoms with E-state index in [9.17, 15) is 10.2 Å². The van der Waals surface area contributed by atoms with E-state index in [1.807, 2.05) is 30.3 Å². The van der Waals surface area contributed by atoms with Crippen LogP contribution in [0, 0.1) is 0 Å². The largest absolute Gasteiger partial charge is 0.389 e. The number of nitrogens with zero attached hydrogens (tertiary/aromatic N) is 1. The molecule has 94 valence electrons. The van der Waals surface area contributed by atoms with E-state index in [4.69, 9.17) is 0 Å². The normalized spacial score (nSPS) is 14.2. The van der Waals surface area contributed by atoms with Crippen LogP contribution in [0.4, 0.5) is 0 Å². The number of aliphatic hydroxyl groups excluding tert-OH is 2. The zero-order chi connectivity index (χ0) is 13.0. The van der Waals surface area contributed by atoms with E-state index in [0.29, 0.717) is 10.9 Å². The molecule has 0 saturated carbocycles. The molecule has 2 unspecified atom stereocenters. The molecule has 18 heavy (non-hydrogen) atoms. The summed E-state index contributed by atoms with van der Waals surface area (Å²) >= 11 is 3.14. The lowest BCUT2D eigenvalue weighted by Gasteiger charge is -2.16. The minimum absolute atomic E-state index is 0.343. The minimum Gasteiger partial charge on any atom is -0.389 e. The van der Waals surface area contributed by atoms with Crippen LogP contribution in [0.1, 0.15) is 11.7 Å². The van der Waals surface area contributed by atoms with Crippen molar-refractivity contribution in [3.05, 3.63) is 54.2 Å². The second-order valence-electron chi connectivity index (χ2n) is 4.00. The monoisotopic (exact) mass is 307 g/mol. The second-order valence-corrected chi connectivity index (χ2v) is 4.65. The Hall–Kier alpha value is -1.23. The maximum atomic E-state index is 9.85. The van der Waals surface area contributed by atoms with Crippen molar-refractivity contribution in [2.45, 2.75) is 12.2 Å². The van der Waals surface area contributed by atoms with Gasteiger partial charge in [0.1, 0.15) is 6.10 Å². The van der Waals surface area contributed by atoms with Crippen LogP contribution >= 0.6 is 15.9 Å². The van der Waals surface area contributed by atoms with Gasteiger partial charge in [-0.2, -0.15) is 0 Å². The third-order valence-electron chi connectivity index (χ3n) is 2.74. The predicted octanol–water partition coefficient (Wildman–Crippen LogP) is 2.54. The lowest BCUT2D eigenvalue weighted by molar-refractivity contribution is 0.0343. The Balaban J connectivity index is 2.20. The van der Waals surface area contributed by atoms with Gasteiger partial charge in [-0.25, -0.2) is 0 Å². The first-order valence-corrected chi connectivity index (χ1v) is 6.78. The van der Waals surface area contributed by atoms with Crippen LogP contribution in [0.25, 0.3) is 11.3 Å². The van der Waals surface area contributed by atoms with Gasteiger partial charge < -0.3 is 10.2 Å². The molecule has 2 aromatic rings. The molecule has 4 heteroatoms. The number of hydrogen-bond donors (Lipinski definition) is 2. The van der Waals surface area contributed by atoms with Crippen molar-refractivity contribution < 1.29 is 10.2 Å². The Labute approximate surface area is 114 Å². The molecule has 0 spiro atoms. The quantitative estimate of drug-likeness (QED) is 0.854. The fraction of sp³-hybridized carbons (Fsp3) is 0.214. The summed E-state index contributed by atoms with van der Waals surface area (Å²) in [4.78, 5) is 4.26. The van der Waals surface area contributed by atoms with Crippen LogP contribution in [0.3, 0.4) is 0 Å². The topological polar surface area (TPSA) is 53.4 Å². The molecule has 2 atom stereocenters. The van der Waals surface area contributed by atoms with E-state index in [2.05, 4.69) is 20.9 Å². The molecule has 3 nitrogen and oxygen atoms in total. The summed E-state index contributed by atoms with van der Waals surface area (Å²) in [5, 5.41) is 19.8. The molecule has 0 aliphatic rings. The van der Waals surface area contributed by atoms with Gasteiger partial charge in [0, 0.05) is 17.1 Å². The van der Waals surface area contributed by atoms with Gasteiger partial charge >= 0.3 is 0 Å². The summed E-state index contributed by atoms with van der Waals surface area (Å²) < 4.78 is 0. The molecule has 0 aliphatic carbocycles. The van der Waals surface area contributed by atoms with Gasteiger partial charge in [0.05, 0.1) is 11.8 Å². The zero-order valence-corrected chi connectivity index (χ0v) is 11.3.